The largest absolute Gasteiger partial charge is 0.493 e. The van der Waals surface area contributed by atoms with Crippen molar-refractivity contribution >= 4 is 29.6 Å². The minimum absolute atomic E-state index is 0.225. The Kier molecular flexibility index (Phi) is 7.89. The molecule has 0 aliphatic rings. The second kappa shape index (κ2) is 10.4. The van der Waals surface area contributed by atoms with Gasteiger partial charge in [-0.05, 0) is 47.9 Å². The SMILES string of the molecule is COC(=O)c1ccc(CCNC(=O)/C=C/c2cc(Cl)c(OC)c(OC)c2)cc1. The molecule has 0 unspecified atom stereocenters. The van der Waals surface area contributed by atoms with Crippen LogP contribution in [-0.4, -0.2) is 39.8 Å². The average molecular weight is 404 g/mol. The summed E-state index contributed by atoms with van der Waals surface area (Å²) in [5.41, 5.74) is 2.21. The number of carbonyl (C=O) groups is 2. The molecule has 2 rings (SSSR count). The van der Waals surface area contributed by atoms with Crippen LogP contribution in [0.3, 0.4) is 0 Å². The summed E-state index contributed by atoms with van der Waals surface area (Å²) < 4.78 is 15.1. The van der Waals surface area contributed by atoms with Crippen LogP contribution in [0, 0.1) is 0 Å². The van der Waals surface area contributed by atoms with Gasteiger partial charge in [0.05, 0.1) is 31.9 Å². The van der Waals surface area contributed by atoms with E-state index in [1.807, 2.05) is 12.1 Å². The summed E-state index contributed by atoms with van der Waals surface area (Å²) in [6.07, 6.45) is 3.72. The first-order valence-electron chi connectivity index (χ1n) is 8.53. The number of carbonyl (C=O) groups excluding carboxylic acids is 2. The molecule has 1 amide bonds. The highest BCUT2D eigenvalue weighted by molar-refractivity contribution is 6.32. The van der Waals surface area contributed by atoms with Crippen molar-refractivity contribution in [3.63, 3.8) is 0 Å². The Morgan fingerprint density at radius 1 is 1.07 bits per heavy atom. The third-order valence-electron chi connectivity index (χ3n) is 3.97. The van der Waals surface area contributed by atoms with Gasteiger partial charge < -0.3 is 19.5 Å². The van der Waals surface area contributed by atoms with Gasteiger partial charge in [-0.3, -0.25) is 4.79 Å². The smallest absolute Gasteiger partial charge is 0.337 e. The summed E-state index contributed by atoms with van der Waals surface area (Å²) in [6.45, 7) is 0.466. The summed E-state index contributed by atoms with van der Waals surface area (Å²) >= 11 is 6.15. The van der Waals surface area contributed by atoms with Gasteiger partial charge in [0.15, 0.2) is 11.5 Å². The molecule has 6 nitrogen and oxygen atoms in total. The highest BCUT2D eigenvalue weighted by Gasteiger charge is 2.10. The number of benzene rings is 2. The lowest BCUT2D eigenvalue weighted by molar-refractivity contribution is -0.116. The Labute approximate surface area is 169 Å². The number of hydrogen-bond acceptors (Lipinski definition) is 5. The van der Waals surface area contributed by atoms with Crippen LogP contribution in [-0.2, 0) is 16.0 Å². The van der Waals surface area contributed by atoms with Crippen molar-refractivity contribution in [3.05, 3.63) is 64.2 Å². The zero-order chi connectivity index (χ0) is 20.5. The number of hydrogen-bond donors (Lipinski definition) is 1. The van der Waals surface area contributed by atoms with Crippen LogP contribution >= 0.6 is 11.6 Å². The van der Waals surface area contributed by atoms with Crippen molar-refractivity contribution in [1.29, 1.82) is 0 Å². The Morgan fingerprint density at radius 2 is 1.79 bits per heavy atom. The van der Waals surface area contributed by atoms with Crippen molar-refractivity contribution in [2.24, 2.45) is 0 Å². The molecule has 0 saturated heterocycles. The fourth-order valence-electron chi connectivity index (χ4n) is 2.52. The standard InChI is InChI=1S/C21H22ClNO5/c1-26-18-13-15(12-17(22)20(18)27-2)6-9-19(24)23-11-10-14-4-7-16(8-5-14)21(25)28-3/h4-9,12-13H,10-11H2,1-3H3,(H,23,24)/b9-6+. The van der Waals surface area contributed by atoms with Crippen LogP contribution in [0.15, 0.2) is 42.5 Å². The Bertz CT molecular complexity index is 862. The minimum Gasteiger partial charge on any atom is -0.493 e. The number of amides is 1. The minimum atomic E-state index is -0.375. The van der Waals surface area contributed by atoms with E-state index >= 15 is 0 Å². The monoisotopic (exact) mass is 403 g/mol. The molecular weight excluding hydrogens is 382 g/mol. The van der Waals surface area contributed by atoms with Crippen molar-refractivity contribution in [3.8, 4) is 11.5 Å². The predicted octanol–water partition coefficient (Wildman–Crippen LogP) is 3.52. The molecule has 0 bridgehead atoms. The molecule has 28 heavy (non-hydrogen) atoms. The fraction of sp³-hybridized carbons (Fsp3) is 0.238. The number of methoxy groups -OCH3 is 3. The first kappa shape index (κ1) is 21.3. The van der Waals surface area contributed by atoms with E-state index in [2.05, 4.69) is 10.1 Å². The molecule has 0 heterocycles. The van der Waals surface area contributed by atoms with Gasteiger partial charge in [0.25, 0.3) is 0 Å². The molecule has 0 aliphatic carbocycles. The maximum Gasteiger partial charge on any atom is 0.337 e. The number of rotatable bonds is 8. The maximum atomic E-state index is 12.0. The van der Waals surface area contributed by atoms with Gasteiger partial charge in [-0.1, -0.05) is 23.7 Å². The first-order chi connectivity index (χ1) is 13.5. The predicted molar refractivity (Wildman–Crippen MR) is 108 cm³/mol. The number of esters is 1. The summed E-state index contributed by atoms with van der Waals surface area (Å²) in [7, 11) is 4.37. The highest BCUT2D eigenvalue weighted by Crippen LogP contribution is 2.36. The van der Waals surface area contributed by atoms with E-state index in [1.165, 1.54) is 27.4 Å². The third kappa shape index (κ3) is 5.76. The molecule has 1 N–H and O–H groups in total. The van der Waals surface area contributed by atoms with Crippen molar-refractivity contribution < 1.29 is 23.8 Å². The summed E-state index contributed by atoms with van der Waals surface area (Å²) in [5, 5.41) is 3.21. The molecule has 0 saturated carbocycles. The lowest BCUT2D eigenvalue weighted by Crippen LogP contribution is -2.23. The van der Waals surface area contributed by atoms with Gasteiger partial charge in [0, 0.05) is 12.6 Å². The van der Waals surface area contributed by atoms with Crippen molar-refractivity contribution in [1.82, 2.24) is 5.32 Å². The third-order valence-corrected chi connectivity index (χ3v) is 4.25. The van der Waals surface area contributed by atoms with Gasteiger partial charge in [0.1, 0.15) is 0 Å². The van der Waals surface area contributed by atoms with Crippen molar-refractivity contribution in [2.45, 2.75) is 6.42 Å². The topological polar surface area (TPSA) is 73.9 Å². The quantitative estimate of drug-likeness (QED) is 0.539. The van der Waals surface area contributed by atoms with Crippen LogP contribution in [0.4, 0.5) is 0 Å². The van der Waals surface area contributed by atoms with E-state index in [0.717, 1.165) is 11.1 Å². The molecule has 148 valence electrons. The van der Waals surface area contributed by atoms with E-state index in [0.29, 0.717) is 35.1 Å². The Morgan fingerprint density at radius 3 is 2.39 bits per heavy atom. The molecule has 7 heteroatoms. The average Bonchev–Trinajstić information content (AvgIpc) is 2.71. The van der Waals surface area contributed by atoms with Crippen molar-refractivity contribution in [2.75, 3.05) is 27.9 Å². The molecule has 0 aromatic heterocycles. The second-order valence-electron chi connectivity index (χ2n) is 5.80. The van der Waals surface area contributed by atoms with Crippen LogP contribution in [0.1, 0.15) is 21.5 Å². The Hall–Kier alpha value is -2.99. The molecule has 0 aliphatic heterocycles. The Balaban J connectivity index is 1.89. The molecule has 0 radical (unpaired) electrons. The van der Waals surface area contributed by atoms with Gasteiger partial charge in [0.2, 0.25) is 5.91 Å². The van der Waals surface area contributed by atoms with E-state index in [-0.39, 0.29) is 11.9 Å². The first-order valence-corrected chi connectivity index (χ1v) is 8.91. The lowest BCUT2D eigenvalue weighted by atomic mass is 10.1. The normalized spacial score (nSPS) is 10.6. The highest BCUT2D eigenvalue weighted by atomic mass is 35.5. The van der Waals surface area contributed by atoms with Crippen LogP contribution < -0.4 is 14.8 Å². The summed E-state index contributed by atoms with van der Waals surface area (Å²) in [5.74, 6) is 0.340. The van der Waals surface area contributed by atoms with Crippen LogP contribution in [0.25, 0.3) is 6.08 Å². The number of halogens is 1. The van der Waals surface area contributed by atoms with E-state index < -0.39 is 0 Å². The van der Waals surface area contributed by atoms with Gasteiger partial charge in [-0.2, -0.15) is 0 Å². The summed E-state index contributed by atoms with van der Waals surface area (Å²) in [6, 6.07) is 10.5. The zero-order valence-corrected chi connectivity index (χ0v) is 16.7. The molecule has 0 atom stereocenters. The summed E-state index contributed by atoms with van der Waals surface area (Å²) in [4.78, 5) is 23.4. The molecule has 2 aromatic rings. The maximum absolute atomic E-state index is 12.0. The van der Waals surface area contributed by atoms with E-state index in [1.54, 1.807) is 30.3 Å². The van der Waals surface area contributed by atoms with Gasteiger partial charge >= 0.3 is 5.97 Å². The van der Waals surface area contributed by atoms with Crippen LogP contribution in [0.5, 0.6) is 11.5 Å². The number of nitrogens with one attached hydrogen (secondary N) is 1. The zero-order valence-electron chi connectivity index (χ0n) is 16.0. The van der Waals surface area contributed by atoms with Crippen LogP contribution in [0.2, 0.25) is 5.02 Å². The van der Waals surface area contributed by atoms with Gasteiger partial charge in [-0.15, -0.1) is 0 Å². The second-order valence-corrected chi connectivity index (χ2v) is 6.21. The fourth-order valence-corrected chi connectivity index (χ4v) is 2.82. The van der Waals surface area contributed by atoms with Gasteiger partial charge in [-0.25, -0.2) is 4.79 Å². The van der Waals surface area contributed by atoms with E-state index in [9.17, 15) is 9.59 Å². The molecule has 2 aromatic carbocycles. The number of ether oxygens (including phenoxy) is 3. The molecular formula is C21H22ClNO5. The van der Waals surface area contributed by atoms with E-state index in [4.69, 9.17) is 21.1 Å². The molecule has 0 spiro atoms. The molecule has 0 fully saturated rings. The lowest BCUT2D eigenvalue weighted by Gasteiger charge is -2.10.